The lowest BCUT2D eigenvalue weighted by molar-refractivity contribution is -0.0296. The van der Waals surface area contributed by atoms with E-state index in [2.05, 4.69) is 10.2 Å². The third-order valence-electron chi connectivity index (χ3n) is 5.89. The number of urea groups is 1. The van der Waals surface area contributed by atoms with Crippen molar-refractivity contribution in [1.29, 1.82) is 0 Å². The maximum absolute atomic E-state index is 13.5. The number of carbonyl (C=O) groups is 2. The second-order valence-electron chi connectivity index (χ2n) is 8.05. The molecular formula is C23H36N4O6. The van der Waals surface area contributed by atoms with Crippen LogP contribution in [-0.2, 0) is 9.47 Å². The van der Waals surface area contributed by atoms with Crippen LogP contribution in [0.1, 0.15) is 17.3 Å². The van der Waals surface area contributed by atoms with Gasteiger partial charge in [0.1, 0.15) is 0 Å². The van der Waals surface area contributed by atoms with Crippen molar-refractivity contribution >= 4 is 11.9 Å². The van der Waals surface area contributed by atoms with Crippen molar-refractivity contribution in [2.75, 3.05) is 86.4 Å². The zero-order chi connectivity index (χ0) is 23.6. The van der Waals surface area contributed by atoms with Gasteiger partial charge in [0.05, 0.1) is 46.7 Å². The average molecular weight is 465 g/mol. The molecule has 2 heterocycles. The number of carbonyl (C=O) groups excluding carboxylic acids is 2. The van der Waals surface area contributed by atoms with Crippen molar-refractivity contribution in [1.82, 2.24) is 20.0 Å². The number of methoxy groups -OCH3 is 2. The predicted molar refractivity (Wildman–Crippen MR) is 123 cm³/mol. The summed E-state index contributed by atoms with van der Waals surface area (Å²) in [5, 5.41) is 2.84. The molecule has 1 aromatic rings. The lowest BCUT2D eigenvalue weighted by Crippen LogP contribution is -2.53. The van der Waals surface area contributed by atoms with E-state index in [1.54, 1.807) is 37.3 Å². The predicted octanol–water partition coefficient (Wildman–Crippen LogP) is 0.909. The lowest BCUT2D eigenvalue weighted by atomic mass is 10.1. The van der Waals surface area contributed by atoms with Gasteiger partial charge in [0.2, 0.25) is 0 Å². The van der Waals surface area contributed by atoms with Crippen LogP contribution in [0, 0.1) is 0 Å². The fraction of sp³-hybridized carbons (Fsp3) is 0.652. The monoisotopic (exact) mass is 464 g/mol. The van der Waals surface area contributed by atoms with Crippen LogP contribution < -0.4 is 14.8 Å². The summed E-state index contributed by atoms with van der Waals surface area (Å²) in [5.74, 6) is 0.970. The van der Waals surface area contributed by atoms with Crippen LogP contribution in [0.3, 0.4) is 0 Å². The van der Waals surface area contributed by atoms with E-state index in [9.17, 15) is 9.59 Å². The zero-order valence-corrected chi connectivity index (χ0v) is 19.9. The summed E-state index contributed by atoms with van der Waals surface area (Å²) in [4.78, 5) is 31.6. The molecule has 0 saturated carbocycles. The third kappa shape index (κ3) is 6.96. The molecule has 0 unspecified atom stereocenters. The first-order valence-electron chi connectivity index (χ1n) is 11.5. The first kappa shape index (κ1) is 25.1. The van der Waals surface area contributed by atoms with Gasteiger partial charge in [-0.25, -0.2) is 4.79 Å². The first-order valence-corrected chi connectivity index (χ1v) is 11.5. The Hall–Kier alpha value is -2.56. The van der Waals surface area contributed by atoms with Crippen LogP contribution in [0.15, 0.2) is 18.2 Å². The Kier molecular flexibility index (Phi) is 9.59. The summed E-state index contributed by atoms with van der Waals surface area (Å²) in [6.45, 7) is 8.70. The van der Waals surface area contributed by atoms with E-state index in [-0.39, 0.29) is 18.0 Å². The minimum absolute atomic E-state index is 0.100. The molecule has 184 valence electrons. The molecule has 2 fully saturated rings. The number of nitrogens with one attached hydrogen (secondary N) is 1. The summed E-state index contributed by atoms with van der Waals surface area (Å²) < 4.78 is 22.1. The highest BCUT2D eigenvalue weighted by Gasteiger charge is 2.28. The summed E-state index contributed by atoms with van der Waals surface area (Å²) >= 11 is 0. The molecule has 0 radical (unpaired) electrons. The molecule has 2 aliphatic heterocycles. The molecule has 10 nitrogen and oxygen atoms in total. The van der Waals surface area contributed by atoms with Crippen LogP contribution in [0.5, 0.6) is 11.5 Å². The fourth-order valence-corrected chi connectivity index (χ4v) is 4.04. The highest BCUT2D eigenvalue weighted by Crippen LogP contribution is 2.28. The molecule has 2 aliphatic rings. The average Bonchev–Trinajstić information content (AvgIpc) is 2.86. The molecule has 0 aliphatic carbocycles. The second kappa shape index (κ2) is 12.6. The molecule has 0 aromatic heterocycles. The number of morpholine rings is 2. The molecule has 2 saturated heterocycles. The van der Waals surface area contributed by atoms with Crippen LogP contribution in [0.25, 0.3) is 0 Å². The summed E-state index contributed by atoms with van der Waals surface area (Å²) in [7, 11) is 3.11. The zero-order valence-electron chi connectivity index (χ0n) is 19.9. The Labute approximate surface area is 195 Å². The Morgan fingerprint density at radius 1 is 1.12 bits per heavy atom. The van der Waals surface area contributed by atoms with Gasteiger partial charge in [0, 0.05) is 51.4 Å². The first-order chi connectivity index (χ1) is 16.0. The second-order valence-corrected chi connectivity index (χ2v) is 8.05. The van der Waals surface area contributed by atoms with Gasteiger partial charge >= 0.3 is 6.03 Å². The number of hydrogen-bond donors (Lipinski definition) is 1. The van der Waals surface area contributed by atoms with Gasteiger partial charge < -0.3 is 34.1 Å². The summed E-state index contributed by atoms with van der Waals surface area (Å²) in [5.41, 5.74) is 0.519. The van der Waals surface area contributed by atoms with E-state index in [1.807, 2.05) is 11.8 Å². The molecule has 0 spiro atoms. The molecule has 10 heteroatoms. The van der Waals surface area contributed by atoms with Gasteiger partial charge in [0.25, 0.3) is 5.91 Å². The summed E-state index contributed by atoms with van der Waals surface area (Å²) in [6, 6.07) is 5.08. The van der Waals surface area contributed by atoms with Gasteiger partial charge in [-0.2, -0.15) is 0 Å². The van der Waals surface area contributed by atoms with Crippen molar-refractivity contribution < 1.29 is 28.5 Å². The van der Waals surface area contributed by atoms with Gasteiger partial charge in [-0.3, -0.25) is 9.69 Å². The van der Waals surface area contributed by atoms with E-state index >= 15 is 0 Å². The van der Waals surface area contributed by atoms with E-state index in [4.69, 9.17) is 18.9 Å². The van der Waals surface area contributed by atoms with E-state index in [0.717, 1.165) is 19.6 Å². The Balaban J connectivity index is 1.72. The number of ether oxygens (including phenoxy) is 4. The molecule has 33 heavy (non-hydrogen) atoms. The smallest absolute Gasteiger partial charge is 0.317 e. The fourth-order valence-electron chi connectivity index (χ4n) is 4.04. The van der Waals surface area contributed by atoms with Crippen molar-refractivity contribution in [3.63, 3.8) is 0 Å². The highest BCUT2D eigenvalue weighted by atomic mass is 16.5. The number of hydrogen-bond acceptors (Lipinski definition) is 7. The molecule has 1 N–H and O–H groups in total. The Morgan fingerprint density at radius 2 is 1.88 bits per heavy atom. The number of benzene rings is 1. The minimum Gasteiger partial charge on any atom is -0.493 e. The normalized spacial score (nSPS) is 19.1. The van der Waals surface area contributed by atoms with E-state index in [1.165, 1.54) is 0 Å². The number of nitrogens with zero attached hydrogens (tertiary/aromatic N) is 3. The van der Waals surface area contributed by atoms with Crippen molar-refractivity contribution in [3.8, 4) is 11.5 Å². The standard InChI is InChI=1S/C23H36N4O6/c1-4-24-23(29)27-11-14-33-19(17-27)16-26(8-7-25-9-12-32-13-10-25)22(28)18-5-6-20(30-2)21(15-18)31-3/h5-6,15,19H,4,7-14,16-17H2,1-3H3,(H,24,29)/t19-/m0/s1. The van der Waals surface area contributed by atoms with Gasteiger partial charge in [0.15, 0.2) is 11.5 Å². The maximum Gasteiger partial charge on any atom is 0.317 e. The molecule has 1 atom stereocenters. The molecular weight excluding hydrogens is 428 g/mol. The topological polar surface area (TPSA) is 92.8 Å². The molecule has 3 amide bonds. The number of rotatable bonds is 9. The Bertz CT molecular complexity index is 786. The van der Waals surface area contributed by atoms with Gasteiger partial charge in [-0.15, -0.1) is 0 Å². The summed E-state index contributed by atoms with van der Waals surface area (Å²) in [6.07, 6.45) is -0.255. The lowest BCUT2D eigenvalue weighted by Gasteiger charge is -2.36. The van der Waals surface area contributed by atoms with Crippen LogP contribution >= 0.6 is 0 Å². The minimum atomic E-state index is -0.255. The van der Waals surface area contributed by atoms with Gasteiger partial charge in [-0.05, 0) is 25.1 Å². The number of amides is 3. The molecule has 3 rings (SSSR count). The van der Waals surface area contributed by atoms with Crippen molar-refractivity contribution in [2.45, 2.75) is 13.0 Å². The van der Waals surface area contributed by atoms with Crippen molar-refractivity contribution in [3.05, 3.63) is 23.8 Å². The third-order valence-corrected chi connectivity index (χ3v) is 5.89. The maximum atomic E-state index is 13.5. The Morgan fingerprint density at radius 3 is 2.58 bits per heavy atom. The molecule has 1 aromatic carbocycles. The molecule has 0 bridgehead atoms. The quantitative estimate of drug-likeness (QED) is 0.581. The highest BCUT2D eigenvalue weighted by molar-refractivity contribution is 5.95. The largest absolute Gasteiger partial charge is 0.493 e. The van der Waals surface area contributed by atoms with Crippen molar-refractivity contribution in [2.24, 2.45) is 0 Å². The van der Waals surface area contributed by atoms with Crippen LogP contribution in [0.2, 0.25) is 0 Å². The SMILES string of the molecule is CCNC(=O)N1CCO[C@@H](CN(CCN2CCOCC2)C(=O)c2ccc(OC)c(OC)c2)C1. The van der Waals surface area contributed by atoms with E-state index in [0.29, 0.717) is 69.6 Å². The van der Waals surface area contributed by atoms with Crippen LogP contribution in [0.4, 0.5) is 4.79 Å². The van der Waals surface area contributed by atoms with E-state index < -0.39 is 0 Å². The van der Waals surface area contributed by atoms with Gasteiger partial charge in [-0.1, -0.05) is 0 Å². The van der Waals surface area contributed by atoms with Crippen LogP contribution in [-0.4, -0.2) is 119 Å².